The van der Waals surface area contributed by atoms with Gasteiger partial charge < -0.3 is 19.5 Å². The lowest BCUT2D eigenvalue weighted by atomic mass is 10.1. The Kier molecular flexibility index (Phi) is 5.94. The molecule has 8 nitrogen and oxygen atoms in total. The Morgan fingerprint density at radius 1 is 1.21 bits per heavy atom. The molecular weight excluding hydrogens is 442 g/mol. The van der Waals surface area contributed by atoms with Crippen LogP contribution in [0.15, 0.2) is 65.7 Å². The number of benzene rings is 1. The Bertz CT molecular complexity index is 1390. The number of aryl methyl sites for hydroxylation is 3. The highest BCUT2D eigenvalue weighted by Gasteiger charge is 2.14. The van der Waals surface area contributed by atoms with Gasteiger partial charge in [-0.05, 0) is 29.8 Å². The molecule has 0 fully saturated rings. The van der Waals surface area contributed by atoms with Gasteiger partial charge in [-0.3, -0.25) is 4.68 Å². The van der Waals surface area contributed by atoms with Crippen LogP contribution < -0.4 is 10.1 Å². The molecule has 0 aliphatic heterocycles. The third-order valence-corrected chi connectivity index (χ3v) is 5.38. The fraction of sp³-hybridized carbons (Fsp3) is 0.208. The SMILES string of the molecule is Cn1cc(-c2ccc(CNc3ccnc4[nH]c(CCc5ccco5)nc34)cc2OC(F)F)cn1. The lowest BCUT2D eigenvalue weighted by Crippen LogP contribution is -2.05. The van der Waals surface area contributed by atoms with E-state index in [1.807, 2.05) is 24.3 Å². The molecule has 4 heterocycles. The highest BCUT2D eigenvalue weighted by molar-refractivity contribution is 5.85. The van der Waals surface area contributed by atoms with Crippen LogP contribution in [-0.2, 0) is 26.4 Å². The minimum atomic E-state index is -2.93. The first-order valence-corrected chi connectivity index (χ1v) is 10.7. The number of anilines is 1. The summed E-state index contributed by atoms with van der Waals surface area (Å²) in [6.07, 6.45) is 8.12. The zero-order valence-corrected chi connectivity index (χ0v) is 18.3. The van der Waals surface area contributed by atoms with E-state index >= 15 is 0 Å². The molecule has 0 atom stereocenters. The summed E-state index contributed by atoms with van der Waals surface area (Å²) in [6.45, 7) is -2.54. The minimum Gasteiger partial charge on any atom is -0.469 e. The number of alkyl halides is 2. The van der Waals surface area contributed by atoms with Crippen molar-refractivity contribution in [3.63, 3.8) is 0 Å². The summed E-state index contributed by atoms with van der Waals surface area (Å²) in [4.78, 5) is 12.3. The summed E-state index contributed by atoms with van der Waals surface area (Å²) in [5.74, 6) is 1.80. The number of furan rings is 1. The average molecular weight is 464 g/mol. The van der Waals surface area contributed by atoms with Gasteiger partial charge in [-0.25, -0.2) is 9.97 Å². The minimum absolute atomic E-state index is 0.0992. The van der Waals surface area contributed by atoms with Gasteiger partial charge in [-0.1, -0.05) is 12.1 Å². The fourth-order valence-corrected chi connectivity index (χ4v) is 3.78. The maximum absolute atomic E-state index is 13.1. The van der Waals surface area contributed by atoms with Gasteiger partial charge in [0.15, 0.2) is 5.65 Å². The maximum atomic E-state index is 13.1. The number of nitrogens with one attached hydrogen (secondary N) is 2. The average Bonchev–Trinajstić information content (AvgIpc) is 3.57. The van der Waals surface area contributed by atoms with E-state index in [2.05, 4.69) is 25.4 Å². The first kappa shape index (κ1) is 21.6. The van der Waals surface area contributed by atoms with Crippen LogP contribution >= 0.6 is 0 Å². The molecule has 0 spiro atoms. The molecule has 0 bridgehead atoms. The molecule has 0 radical (unpaired) electrons. The zero-order valence-electron chi connectivity index (χ0n) is 18.3. The second kappa shape index (κ2) is 9.34. The van der Waals surface area contributed by atoms with E-state index in [1.54, 1.807) is 48.7 Å². The lowest BCUT2D eigenvalue weighted by molar-refractivity contribution is -0.0494. The largest absolute Gasteiger partial charge is 0.469 e. The number of hydrogen-bond acceptors (Lipinski definition) is 6. The predicted molar refractivity (Wildman–Crippen MR) is 123 cm³/mol. The van der Waals surface area contributed by atoms with Crippen LogP contribution in [0, 0.1) is 0 Å². The van der Waals surface area contributed by atoms with Crippen molar-refractivity contribution in [3.8, 4) is 16.9 Å². The highest BCUT2D eigenvalue weighted by Crippen LogP contribution is 2.32. The van der Waals surface area contributed by atoms with E-state index in [1.165, 1.54) is 0 Å². The van der Waals surface area contributed by atoms with Crippen molar-refractivity contribution >= 4 is 16.9 Å². The Balaban J connectivity index is 1.34. The molecule has 5 aromatic rings. The predicted octanol–water partition coefficient (Wildman–Crippen LogP) is 4.95. The summed E-state index contributed by atoms with van der Waals surface area (Å²) < 4.78 is 37.9. The second-order valence-corrected chi connectivity index (χ2v) is 7.78. The highest BCUT2D eigenvalue weighted by atomic mass is 19.3. The van der Waals surface area contributed by atoms with Crippen LogP contribution in [0.2, 0.25) is 0 Å². The quantitative estimate of drug-likeness (QED) is 0.321. The topological polar surface area (TPSA) is 93.8 Å². The molecule has 5 rings (SSSR count). The molecule has 0 aliphatic carbocycles. The van der Waals surface area contributed by atoms with Crippen LogP contribution in [0.3, 0.4) is 0 Å². The molecule has 0 amide bonds. The van der Waals surface area contributed by atoms with Crippen LogP contribution in [0.5, 0.6) is 5.75 Å². The number of fused-ring (bicyclic) bond motifs is 1. The molecule has 174 valence electrons. The van der Waals surface area contributed by atoms with Gasteiger partial charge in [0, 0.05) is 50.0 Å². The first-order chi connectivity index (χ1) is 16.5. The molecule has 0 aliphatic rings. The first-order valence-electron chi connectivity index (χ1n) is 10.7. The fourth-order valence-electron chi connectivity index (χ4n) is 3.78. The van der Waals surface area contributed by atoms with E-state index in [9.17, 15) is 8.78 Å². The van der Waals surface area contributed by atoms with Gasteiger partial charge in [0.05, 0.1) is 18.1 Å². The van der Waals surface area contributed by atoms with E-state index in [0.29, 0.717) is 35.3 Å². The van der Waals surface area contributed by atoms with Crippen molar-refractivity contribution in [2.75, 3.05) is 5.32 Å². The van der Waals surface area contributed by atoms with Gasteiger partial charge >= 0.3 is 6.61 Å². The number of aromatic amines is 1. The molecule has 1 aromatic carbocycles. The number of nitrogens with zero attached hydrogens (tertiary/aromatic N) is 4. The molecular formula is C24H22F2N6O2. The van der Waals surface area contributed by atoms with E-state index in [4.69, 9.17) is 9.15 Å². The number of imidazole rings is 1. The monoisotopic (exact) mass is 464 g/mol. The van der Waals surface area contributed by atoms with Gasteiger partial charge in [0.1, 0.15) is 22.9 Å². The van der Waals surface area contributed by atoms with Gasteiger partial charge in [-0.15, -0.1) is 0 Å². The van der Waals surface area contributed by atoms with Crippen molar-refractivity contribution in [1.82, 2.24) is 24.7 Å². The number of ether oxygens (including phenoxy) is 1. The van der Waals surface area contributed by atoms with E-state index < -0.39 is 6.61 Å². The summed E-state index contributed by atoms with van der Waals surface area (Å²) >= 11 is 0. The summed E-state index contributed by atoms with van der Waals surface area (Å²) in [5, 5.41) is 7.44. The third-order valence-electron chi connectivity index (χ3n) is 5.38. The molecule has 0 saturated carbocycles. The van der Waals surface area contributed by atoms with Crippen molar-refractivity contribution in [2.24, 2.45) is 7.05 Å². The number of halogens is 2. The van der Waals surface area contributed by atoms with Crippen LogP contribution in [0.4, 0.5) is 14.5 Å². The molecule has 2 N–H and O–H groups in total. The van der Waals surface area contributed by atoms with E-state index in [0.717, 1.165) is 29.3 Å². The van der Waals surface area contributed by atoms with Crippen molar-refractivity contribution in [2.45, 2.75) is 26.0 Å². The lowest BCUT2D eigenvalue weighted by Gasteiger charge is -2.13. The van der Waals surface area contributed by atoms with Crippen LogP contribution in [0.1, 0.15) is 17.1 Å². The van der Waals surface area contributed by atoms with Crippen LogP contribution in [0.25, 0.3) is 22.3 Å². The second-order valence-electron chi connectivity index (χ2n) is 7.78. The number of pyridine rings is 1. The Morgan fingerprint density at radius 2 is 2.12 bits per heavy atom. The normalized spacial score (nSPS) is 11.4. The molecule has 4 aromatic heterocycles. The molecule has 34 heavy (non-hydrogen) atoms. The van der Waals surface area contributed by atoms with Crippen molar-refractivity contribution in [3.05, 3.63) is 78.4 Å². The van der Waals surface area contributed by atoms with Gasteiger partial charge in [-0.2, -0.15) is 13.9 Å². The summed E-state index contributed by atoms with van der Waals surface area (Å²) in [6, 6.07) is 10.9. The Labute approximate surface area is 193 Å². The van der Waals surface area contributed by atoms with E-state index in [-0.39, 0.29) is 5.75 Å². The number of rotatable bonds is 9. The molecule has 10 heteroatoms. The zero-order chi connectivity index (χ0) is 23.5. The van der Waals surface area contributed by atoms with Gasteiger partial charge in [0.2, 0.25) is 0 Å². The van der Waals surface area contributed by atoms with Crippen LogP contribution in [-0.4, -0.2) is 31.3 Å². The molecule has 0 saturated heterocycles. The third kappa shape index (κ3) is 4.75. The standard InChI is InChI=1S/C24H22F2N6O2/c1-32-14-16(13-29-32)18-6-4-15(11-20(18)34-24(25)26)12-28-19-8-9-27-23-22(19)30-21(31-23)7-5-17-3-2-10-33-17/h2-4,6,8-11,13-14,24H,5,7,12H2,1H3,(H2,27,28,30,31). The summed E-state index contributed by atoms with van der Waals surface area (Å²) in [7, 11) is 1.77. The van der Waals surface area contributed by atoms with Crippen molar-refractivity contribution in [1.29, 1.82) is 0 Å². The van der Waals surface area contributed by atoms with Crippen molar-refractivity contribution < 1.29 is 17.9 Å². The summed E-state index contributed by atoms with van der Waals surface area (Å²) in [5.41, 5.74) is 4.21. The number of hydrogen-bond donors (Lipinski definition) is 2. The van der Waals surface area contributed by atoms with Gasteiger partial charge in [0.25, 0.3) is 0 Å². The number of H-pyrrole nitrogens is 1. The Morgan fingerprint density at radius 3 is 2.88 bits per heavy atom. The smallest absolute Gasteiger partial charge is 0.387 e. The molecule has 0 unspecified atom stereocenters. The number of aromatic nitrogens is 5. The Hall–Kier alpha value is -4.21. The maximum Gasteiger partial charge on any atom is 0.387 e.